The SMILES string of the molecule is C.C=Cc1ccccc1.C=Cc1ccccc1.C=Cc1ccccc1.C=Cc1ccccc1.C=Cc1ccccc1.C=Cc1ccccc1.C=Cc1ccccc1.C=Cc1ccccc1.CCBr.CCCCCBr.CCCCCCl.CCCCCl.CCCCl.CCCCl.CCCl.CCF. The zero-order valence-electron chi connectivity index (χ0n) is 61.1. The molecule has 99 heavy (non-hydrogen) atoms. The van der Waals surface area contributed by atoms with Crippen LogP contribution in [0.2, 0.25) is 0 Å². The van der Waals surface area contributed by atoms with Gasteiger partial charge in [-0.15, -0.1) is 58.0 Å². The minimum atomic E-state index is -0.250. The molecular weight excluding hydrogens is 1450 g/mol. The van der Waals surface area contributed by atoms with Crippen LogP contribution in [0.25, 0.3) is 48.6 Å². The van der Waals surface area contributed by atoms with Crippen molar-refractivity contribution in [3.63, 3.8) is 0 Å². The van der Waals surface area contributed by atoms with E-state index < -0.39 is 0 Å². The van der Waals surface area contributed by atoms with Crippen molar-refractivity contribution in [2.75, 3.05) is 46.7 Å². The number of unbranched alkanes of at least 4 members (excludes halogenated alkanes) is 5. The van der Waals surface area contributed by atoms with Crippen molar-refractivity contribution in [1.82, 2.24) is 0 Å². The average Bonchev–Trinajstić information content (AvgIpc) is 3.76. The molecule has 0 aliphatic carbocycles. The maximum absolute atomic E-state index is 10.3. The summed E-state index contributed by atoms with van der Waals surface area (Å²) >= 11 is 32.5. The number of benzene rings is 8. The molecule has 0 saturated carbocycles. The first-order valence-corrected chi connectivity index (χ1v) is 38.6. The Bertz CT molecular complexity index is 2170. The Morgan fingerprint density at radius 1 is 0.263 bits per heavy atom. The van der Waals surface area contributed by atoms with Gasteiger partial charge in [0.15, 0.2) is 0 Å². The fourth-order valence-corrected chi connectivity index (χ4v) is 6.39. The van der Waals surface area contributed by atoms with E-state index in [0.29, 0.717) is 0 Å². The Balaban J connectivity index is -0.000000126. The quantitative estimate of drug-likeness (QED) is 0.0593. The standard InChI is InChI=1S/8C8H8.C5H11Br.C5H11Cl.C4H9Cl.2C3H7Cl.C2H5Br.C2H5Cl.C2H5F.CH4/c8*1-2-8-6-4-3-5-7-8;2*1-2-3-4-5-6;1-2-3-4-5;2*1-2-3-4;3*1-2-3;/h8*2-7H,1H2;2*2-5H2,1H3;2-4H2,1H3;2*2-3H2,1H3;3*2H2,1H3;1H4. The third-order valence-corrected chi connectivity index (χ3v) is 12.5. The lowest BCUT2D eigenvalue weighted by molar-refractivity contribution is 0.527. The van der Waals surface area contributed by atoms with E-state index in [4.69, 9.17) is 58.0 Å². The zero-order valence-corrected chi connectivity index (χ0v) is 68.1. The lowest BCUT2D eigenvalue weighted by Crippen LogP contribution is -1.70. The van der Waals surface area contributed by atoms with Crippen LogP contribution in [0.1, 0.15) is 172 Å². The molecule has 8 aromatic carbocycles. The van der Waals surface area contributed by atoms with Gasteiger partial charge in [0, 0.05) is 40.1 Å². The second-order valence-electron chi connectivity index (χ2n) is 18.9. The first-order valence-electron chi connectivity index (χ1n) is 33.7. The molecule has 0 aliphatic rings. The van der Waals surface area contributed by atoms with Gasteiger partial charge in [-0.2, -0.15) is 0 Å². The number of halogens is 8. The number of rotatable bonds is 18. The molecule has 0 fully saturated rings. The lowest BCUT2D eigenvalue weighted by Gasteiger charge is -1.85. The second kappa shape index (κ2) is 108. The zero-order chi connectivity index (χ0) is 75.3. The topological polar surface area (TPSA) is 0 Å². The van der Waals surface area contributed by atoms with E-state index in [2.05, 4.69) is 105 Å². The molecular formula is C91H128Br2Cl5F. The summed E-state index contributed by atoms with van der Waals surface area (Å²) in [5.41, 5.74) is 9.39. The van der Waals surface area contributed by atoms with Crippen LogP contribution in [0.4, 0.5) is 4.39 Å². The van der Waals surface area contributed by atoms with E-state index in [0.717, 1.165) is 54.0 Å². The molecule has 0 aromatic heterocycles. The summed E-state index contributed by atoms with van der Waals surface area (Å²) in [6.07, 6.45) is 27.0. The molecule has 8 heteroatoms. The first-order chi connectivity index (χ1) is 47.8. The normalized spacial score (nSPS) is 8.16. The molecule has 8 aromatic rings. The van der Waals surface area contributed by atoms with Crippen molar-refractivity contribution in [2.45, 2.75) is 127 Å². The number of hydrogen-bond acceptors (Lipinski definition) is 0. The largest absolute Gasteiger partial charge is 0.251 e. The highest BCUT2D eigenvalue weighted by atomic mass is 79.9. The smallest absolute Gasteiger partial charge is 0.0866 e. The maximum Gasteiger partial charge on any atom is 0.0866 e. The highest BCUT2D eigenvalue weighted by Gasteiger charge is 1.82. The summed E-state index contributed by atoms with van der Waals surface area (Å²) in [7, 11) is 0. The molecule has 0 bridgehead atoms. The molecule has 0 aliphatic heterocycles. The third kappa shape index (κ3) is 106. The lowest BCUT2D eigenvalue weighted by atomic mass is 10.2. The highest BCUT2D eigenvalue weighted by Crippen LogP contribution is 2.03. The summed E-state index contributed by atoms with van der Waals surface area (Å²) in [6.45, 7) is 44.8. The molecule has 8 rings (SSSR count). The minimum Gasteiger partial charge on any atom is -0.251 e. The van der Waals surface area contributed by atoms with Crippen molar-refractivity contribution in [2.24, 2.45) is 0 Å². The molecule has 0 unspecified atom stereocenters. The predicted octanol–water partition coefficient (Wildman–Crippen LogP) is 33.2. The summed E-state index contributed by atoms with van der Waals surface area (Å²) < 4.78 is 10.3. The van der Waals surface area contributed by atoms with Gasteiger partial charge in [0.25, 0.3) is 0 Å². The van der Waals surface area contributed by atoms with Crippen LogP contribution in [0, 0.1) is 0 Å². The van der Waals surface area contributed by atoms with Crippen LogP contribution in [-0.4, -0.2) is 46.7 Å². The minimum absolute atomic E-state index is 0. The van der Waals surface area contributed by atoms with E-state index in [1.807, 2.05) is 319 Å². The Kier molecular flexibility index (Phi) is 122. The molecule has 548 valence electrons. The third-order valence-electron chi connectivity index (χ3n) is 10.6. The summed E-state index contributed by atoms with van der Waals surface area (Å²) in [5.74, 6) is 3.95. The Labute approximate surface area is 651 Å². The highest BCUT2D eigenvalue weighted by molar-refractivity contribution is 9.09. The van der Waals surface area contributed by atoms with Crippen molar-refractivity contribution < 1.29 is 4.39 Å². The van der Waals surface area contributed by atoms with Crippen LogP contribution < -0.4 is 0 Å². The van der Waals surface area contributed by atoms with E-state index in [-0.39, 0.29) is 14.1 Å². The Morgan fingerprint density at radius 3 is 0.444 bits per heavy atom. The van der Waals surface area contributed by atoms with Gasteiger partial charge in [0.05, 0.1) is 6.67 Å². The molecule has 0 spiro atoms. The van der Waals surface area contributed by atoms with Crippen molar-refractivity contribution in [3.05, 3.63) is 340 Å². The molecule has 0 N–H and O–H groups in total. The number of hydrogen-bond donors (Lipinski definition) is 0. The van der Waals surface area contributed by atoms with E-state index in [1.54, 1.807) is 0 Å². The first kappa shape index (κ1) is 112. The number of alkyl halides is 8. The van der Waals surface area contributed by atoms with E-state index in [9.17, 15) is 4.39 Å². The van der Waals surface area contributed by atoms with Crippen LogP contribution in [0.3, 0.4) is 0 Å². The Morgan fingerprint density at radius 2 is 0.394 bits per heavy atom. The maximum atomic E-state index is 10.3. The van der Waals surface area contributed by atoms with Gasteiger partial charge in [0.2, 0.25) is 0 Å². The molecule has 0 saturated heterocycles. The summed E-state index contributed by atoms with van der Waals surface area (Å²) in [4.78, 5) is 0. The van der Waals surface area contributed by atoms with Gasteiger partial charge in [0.1, 0.15) is 0 Å². The molecule has 0 atom stereocenters. The fraction of sp³-hybridized carbons (Fsp3) is 0.297. The fourth-order valence-electron chi connectivity index (χ4n) is 5.54. The van der Waals surface area contributed by atoms with Gasteiger partial charge in [-0.05, 0) is 83.5 Å². The van der Waals surface area contributed by atoms with Crippen molar-refractivity contribution in [3.8, 4) is 0 Å². The summed E-state index contributed by atoms with van der Waals surface area (Å²) in [6, 6.07) is 80.2. The van der Waals surface area contributed by atoms with Gasteiger partial charge in [-0.25, -0.2) is 0 Å². The molecule has 0 radical (unpaired) electrons. The molecule has 0 heterocycles. The van der Waals surface area contributed by atoms with Crippen LogP contribution in [-0.2, 0) is 0 Å². The van der Waals surface area contributed by atoms with Crippen molar-refractivity contribution in [1.29, 1.82) is 0 Å². The van der Waals surface area contributed by atoms with Gasteiger partial charge >= 0.3 is 0 Å². The van der Waals surface area contributed by atoms with Crippen LogP contribution in [0.5, 0.6) is 0 Å². The van der Waals surface area contributed by atoms with E-state index >= 15 is 0 Å². The van der Waals surface area contributed by atoms with Crippen molar-refractivity contribution >= 4 is 138 Å². The summed E-state index contributed by atoms with van der Waals surface area (Å²) in [5, 5.41) is 2.23. The van der Waals surface area contributed by atoms with Gasteiger partial charge in [-0.1, -0.05) is 464 Å². The molecule has 0 nitrogen and oxygen atoms in total. The van der Waals surface area contributed by atoms with Gasteiger partial charge in [-0.3, -0.25) is 4.39 Å². The monoisotopic (exact) mass is 1570 g/mol. The van der Waals surface area contributed by atoms with Crippen LogP contribution in [0.15, 0.2) is 295 Å². The Hall–Kier alpha value is -5.98. The second-order valence-corrected chi connectivity index (χ2v) is 22.9. The van der Waals surface area contributed by atoms with E-state index in [1.165, 1.54) is 102 Å². The van der Waals surface area contributed by atoms with Gasteiger partial charge < -0.3 is 0 Å². The molecule has 0 amide bonds. The average molecular weight is 1580 g/mol. The predicted molar refractivity (Wildman–Crippen MR) is 478 cm³/mol. The van der Waals surface area contributed by atoms with Crippen LogP contribution >= 0.6 is 89.9 Å².